The van der Waals surface area contributed by atoms with Gasteiger partial charge in [-0.3, -0.25) is 4.79 Å². The maximum absolute atomic E-state index is 12.2. The molecular formula is C21H22N4O3S2. The van der Waals surface area contributed by atoms with Gasteiger partial charge in [-0.1, -0.05) is 71.1 Å². The number of carbonyl (C=O) groups excluding carboxylic acids is 1. The molecule has 0 aliphatic rings. The van der Waals surface area contributed by atoms with Crippen LogP contribution in [0.2, 0.25) is 0 Å². The second-order valence-electron chi connectivity index (χ2n) is 6.75. The zero-order valence-corrected chi connectivity index (χ0v) is 18.2. The third kappa shape index (κ3) is 6.30. The van der Waals surface area contributed by atoms with Crippen LogP contribution >= 0.6 is 23.1 Å². The van der Waals surface area contributed by atoms with E-state index < -0.39 is 12.0 Å². The first kappa shape index (κ1) is 21.8. The van der Waals surface area contributed by atoms with E-state index in [2.05, 4.69) is 26.9 Å². The van der Waals surface area contributed by atoms with E-state index in [9.17, 15) is 14.7 Å². The van der Waals surface area contributed by atoms with Crippen molar-refractivity contribution >= 4 is 45.8 Å². The molecule has 0 radical (unpaired) electrons. The van der Waals surface area contributed by atoms with Crippen molar-refractivity contribution in [2.45, 2.75) is 30.6 Å². The first-order valence-electron chi connectivity index (χ1n) is 9.27. The van der Waals surface area contributed by atoms with Gasteiger partial charge in [-0.15, -0.1) is 10.2 Å². The second-order valence-corrected chi connectivity index (χ2v) is 8.95. The number of carbonyl (C=O) groups is 2. The average Bonchev–Trinajstić information content (AvgIpc) is 3.16. The van der Waals surface area contributed by atoms with Crippen LogP contribution in [0.4, 0.5) is 10.8 Å². The predicted molar refractivity (Wildman–Crippen MR) is 120 cm³/mol. The first-order valence-corrected chi connectivity index (χ1v) is 11.1. The summed E-state index contributed by atoms with van der Waals surface area (Å²) in [6, 6.07) is 14.3. The van der Waals surface area contributed by atoms with Crippen LogP contribution in [0.25, 0.3) is 0 Å². The summed E-state index contributed by atoms with van der Waals surface area (Å²) in [5.41, 5.74) is 4.10. The molecule has 1 heterocycles. The van der Waals surface area contributed by atoms with Crippen LogP contribution in [0.3, 0.4) is 0 Å². The fraction of sp³-hybridized carbons (Fsp3) is 0.238. The molecule has 0 saturated heterocycles. The van der Waals surface area contributed by atoms with Crippen molar-refractivity contribution in [2.24, 2.45) is 0 Å². The number of nitrogens with zero attached hydrogens (tertiary/aromatic N) is 2. The van der Waals surface area contributed by atoms with Crippen molar-refractivity contribution in [3.8, 4) is 0 Å². The van der Waals surface area contributed by atoms with Gasteiger partial charge in [-0.2, -0.15) is 0 Å². The Hall–Kier alpha value is -2.91. The summed E-state index contributed by atoms with van der Waals surface area (Å²) >= 11 is 2.57. The number of carboxylic acid groups (broad SMARTS) is 1. The van der Waals surface area contributed by atoms with Crippen LogP contribution < -0.4 is 10.6 Å². The van der Waals surface area contributed by atoms with Gasteiger partial charge < -0.3 is 15.7 Å². The zero-order chi connectivity index (χ0) is 21.5. The summed E-state index contributed by atoms with van der Waals surface area (Å²) in [6.07, 6.45) is 0.232. The molecule has 9 heteroatoms. The molecule has 0 fully saturated rings. The number of amides is 1. The quantitative estimate of drug-likeness (QED) is 0.433. The Kier molecular flexibility index (Phi) is 7.42. The lowest BCUT2D eigenvalue weighted by Crippen LogP contribution is -2.43. The van der Waals surface area contributed by atoms with Gasteiger partial charge in [0.05, 0.1) is 5.75 Å². The van der Waals surface area contributed by atoms with E-state index in [0.717, 1.165) is 16.8 Å². The minimum Gasteiger partial charge on any atom is -0.480 e. The lowest BCUT2D eigenvalue weighted by Gasteiger charge is -2.14. The number of thioether (sulfide) groups is 1. The fourth-order valence-corrected chi connectivity index (χ4v) is 4.38. The van der Waals surface area contributed by atoms with Gasteiger partial charge in [0.2, 0.25) is 11.0 Å². The Morgan fingerprint density at radius 3 is 2.60 bits per heavy atom. The Morgan fingerprint density at radius 2 is 1.90 bits per heavy atom. The number of nitrogens with one attached hydrogen (secondary N) is 2. The molecule has 0 bridgehead atoms. The number of aryl methyl sites for hydroxylation is 2. The molecule has 156 valence electrons. The summed E-state index contributed by atoms with van der Waals surface area (Å²) in [5, 5.41) is 24.0. The highest BCUT2D eigenvalue weighted by Crippen LogP contribution is 2.28. The van der Waals surface area contributed by atoms with Gasteiger partial charge in [0.15, 0.2) is 4.34 Å². The SMILES string of the molecule is Cc1ccc(Nc2nnc(SCC(=O)N[C@H](Cc3ccccc3)C(=O)O)s2)c(C)c1. The van der Waals surface area contributed by atoms with E-state index in [1.54, 1.807) is 0 Å². The van der Waals surface area contributed by atoms with Crippen LogP contribution in [0.5, 0.6) is 0 Å². The summed E-state index contributed by atoms with van der Waals surface area (Å²) in [5.74, 6) is -1.35. The Bertz CT molecular complexity index is 1020. The average molecular weight is 443 g/mol. The number of rotatable bonds is 9. The largest absolute Gasteiger partial charge is 0.480 e. The van der Waals surface area contributed by atoms with Crippen molar-refractivity contribution < 1.29 is 14.7 Å². The highest BCUT2D eigenvalue weighted by atomic mass is 32.2. The predicted octanol–water partition coefficient (Wildman–Crippen LogP) is 3.80. The van der Waals surface area contributed by atoms with Gasteiger partial charge in [-0.25, -0.2) is 4.79 Å². The van der Waals surface area contributed by atoms with E-state index in [-0.39, 0.29) is 18.1 Å². The maximum atomic E-state index is 12.2. The van der Waals surface area contributed by atoms with Gasteiger partial charge in [-0.05, 0) is 31.0 Å². The number of aliphatic carboxylic acids is 1. The van der Waals surface area contributed by atoms with Crippen LogP contribution in [-0.4, -0.2) is 39.0 Å². The number of carboxylic acids is 1. The fourth-order valence-electron chi connectivity index (χ4n) is 2.80. The van der Waals surface area contributed by atoms with Crippen LogP contribution in [0.15, 0.2) is 52.9 Å². The molecule has 7 nitrogen and oxygen atoms in total. The van der Waals surface area contributed by atoms with Crippen LogP contribution in [0, 0.1) is 13.8 Å². The summed E-state index contributed by atoms with van der Waals surface area (Å²) in [6.45, 7) is 4.06. The summed E-state index contributed by atoms with van der Waals surface area (Å²) < 4.78 is 0.632. The van der Waals surface area contributed by atoms with E-state index in [1.165, 1.54) is 28.7 Å². The van der Waals surface area contributed by atoms with Crippen molar-refractivity contribution in [3.63, 3.8) is 0 Å². The minimum atomic E-state index is -1.06. The van der Waals surface area contributed by atoms with Crippen molar-refractivity contribution in [2.75, 3.05) is 11.1 Å². The van der Waals surface area contributed by atoms with Gasteiger partial charge in [0, 0.05) is 12.1 Å². The minimum absolute atomic E-state index is 0.0662. The molecule has 0 unspecified atom stereocenters. The highest BCUT2D eigenvalue weighted by molar-refractivity contribution is 8.01. The lowest BCUT2D eigenvalue weighted by molar-refractivity contribution is -0.141. The second kappa shape index (κ2) is 10.2. The number of benzene rings is 2. The molecule has 0 spiro atoms. The molecule has 0 aliphatic carbocycles. The standard InChI is InChI=1S/C21H22N4O3S2/c1-13-8-9-16(14(2)10-13)23-20-24-25-21(30-20)29-12-18(26)22-17(19(27)28)11-15-6-4-3-5-7-15/h3-10,17H,11-12H2,1-2H3,(H,22,26)(H,23,24)(H,27,28)/t17-/m1/s1. The number of hydrogen-bond donors (Lipinski definition) is 3. The number of aromatic nitrogens is 2. The normalized spacial score (nSPS) is 11.7. The number of hydrogen-bond acceptors (Lipinski definition) is 7. The zero-order valence-electron chi connectivity index (χ0n) is 16.6. The molecule has 2 aromatic carbocycles. The first-order chi connectivity index (χ1) is 14.4. The smallest absolute Gasteiger partial charge is 0.326 e. The molecule has 1 atom stereocenters. The Balaban J connectivity index is 1.52. The van der Waals surface area contributed by atoms with E-state index in [4.69, 9.17) is 0 Å². The molecule has 3 rings (SSSR count). The van der Waals surface area contributed by atoms with Crippen molar-refractivity contribution in [3.05, 3.63) is 65.2 Å². The monoisotopic (exact) mass is 442 g/mol. The van der Waals surface area contributed by atoms with Crippen molar-refractivity contribution in [1.29, 1.82) is 0 Å². The van der Waals surface area contributed by atoms with E-state index in [1.807, 2.05) is 56.3 Å². The molecule has 30 heavy (non-hydrogen) atoms. The van der Waals surface area contributed by atoms with Crippen LogP contribution in [-0.2, 0) is 16.0 Å². The van der Waals surface area contributed by atoms with E-state index in [0.29, 0.717) is 9.47 Å². The van der Waals surface area contributed by atoms with Crippen molar-refractivity contribution in [1.82, 2.24) is 15.5 Å². The molecular weight excluding hydrogens is 420 g/mol. The summed E-state index contributed by atoms with van der Waals surface area (Å²) in [4.78, 5) is 23.7. The van der Waals surface area contributed by atoms with E-state index >= 15 is 0 Å². The number of anilines is 2. The van der Waals surface area contributed by atoms with Gasteiger partial charge >= 0.3 is 5.97 Å². The lowest BCUT2D eigenvalue weighted by atomic mass is 10.1. The third-order valence-electron chi connectivity index (χ3n) is 4.27. The molecule has 0 aliphatic heterocycles. The molecule has 3 aromatic rings. The van der Waals surface area contributed by atoms with Crippen LogP contribution in [0.1, 0.15) is 16.7 Å². The third-order valence-corrected chi connectivity index (χ3v) is 6.24. The van der Waals surface area contributed by atoms with Gasteiger partial charge in [0.25, 0.3) is 0 Å². The molecule has 1 amide bonds. The van der Waals surface area contributed by atoms with Gasteiger partial charge in [0.1, 0.15) is 6.04 Å². The molecule has 0 saturated carbocycles. The Morgan fingerprint density at radius 1 is 1.13 bits per heavy atom. The molecule has 3 N–H and O–H groups in total. The molecule has 1 aromatic heterocycles. The highest BCUT2D eigenvalue weighted by Gasteiger charge is 2.20. The Labute approximate surface area is 182 Å². The topological polar surface area (TPSA) is 104 Å². The summed E-state index contributed by atoms with van der Waals surface area (Å²) in [7, 11) is 0. The maximum Gasteiger partial charge on any atom is 0.326 e.